The van der Waals surface area contributed by atoms with E-state index in [0.29, 0.717) is 11.5 Å². The summed E-state index contributed by atoms with van der Waals surface area (Å²) in [4.78, 5) is 4.79. The second-order valence-corrected chi connectivity index (χ2v) is 14.3. The number of benzene rings is 3. The van der Waals surface area contributed by atoms with Crippen LogP contribution in [0.1, 0.15) is 73.6 Å². The van der Waals surface area contributed by atoms with Crippen molar-refractivity contribution in [2.24, 2.45) is 0 Å². The van der Waals surface area contributed by atoms with Gasteiger partial charge in [-0.1, -0.05) is 70.9 Å². The third kappa shape index (κ3) is 6.00. The van der Waals surface area contributed by atoms with E-state index in [9.17, 15) is 0 Å². The van der Waals surface area contributed by atoms with Gasteiger partial charge >= 0.3 is 0 Å². The Morgan fingerprint density at radius 1 is 0.750 bits per heavy atom. The summed E-state index contributed by atoms with van der Waals surface area (Å²) in [6.07, 6.45) is 7.62. The molecular weight excluding hydrogens is 724 g/mol. The Hall–Kier alpha value is -3.69. The standard InChI is InChI=1S/C38H40N4O.Pt/c1-36(2,3)26-19-20-39-35(21-26)42-32-16-11-10-15-30(32)31-18-17-29(23-33(31)42)43-28-14-12-13-27(22-28)41-25-40(38(7,8)9)24-34(41)37(4,5)6;/h10-21,24H,1-9H3;/q-2;. The van der Waals surface area contributed by atoms with Gasteiger partial charge in [0.2, 0.25) is 6.33 Å². The molecule has 0 unspecified atom stereocenters. The Morgan fingerprint density at radius 2 is 1.48 bits per heavy atom. The van der Waals surface area contributed by atoms with Gasteiger partial charge in [0.15, 0.2) is 0 Å². The van der Waals surface area contributed by atoms with Crippen molar-refractivity contribution in [3.63, 3.8) is 0 Å². The molecule has 0 aliphatic heterocycles. The second kappa shape index (κ2) is 11.3. The number of hydrogen-bond donors (Lipinski definition) is 0. The van der Waals surface area contributed by atoms with Crippen LogP contribution in [0.25, 0.3) is 33.3 Å². The maximum Gasteiger partial charge on any atom is 0.242 e. The van der Waals surface area contributed by atoms with Crippen molar-refractivity contribution < 1.29 is 30.4 Å². The molecule has 0 aliphatic carbocycles. The van der Waals surface area contributed by atoms with Gasteiger partial charge in [0.05, 0.1) is 5.54 Å². The predicted octanol–water partition coefficient (Wildman–Crippen LogP) is 8.80. The van der Waals surface area contributed by atoms with Crippen LogP contribution in [0, 0.1) is 18.5 Å². The molecule has 0 saturated heterocycles. The van der Waals surface area contributed by atoms with Crippen molar-refractivity contribution in [3.05, 3.63) is 109 Å². The summed E-state index contributed by atoms with van der Waals surface area (Å²) < 4.78 is 12.8. The number of hydrogen-bond acceptors (Lipinski definition) is 2. The summed E-state index contributed by atoms with van der Waals surface area (Å²) in [7, 11) is 0. The largest absolute Gasteiger partial charge is 0.510 e. The van der Waals surface area contributed by atoms with Gasteiger partial charge < -0.3 is 18.4 Å². The average molecular weight is 764 g/mol. The zero-order valence-electron chi connectivity index (χ0n) is 27.0. The van der Waals surface area contributed by atoms with E-state index in [1.807, 2.05) is 30.5 Å². The van der Waals surface area contributed by atoms with Crippen LogP contribution in [0.4, 0.5) is 0 Å². The van der Waals surface area contributed by atoms with Crippen molar-refractivity contribution in [2.45, 2.75) is 78.7 Å². The maximum atomic E-state index is 6.43. The van der Waals surface area contributed by atoms with Crippen LogP contribution in [-0.2, 0) is 37.4 Å². The Bertz CT molecular complexity index is 1960. The molecule has 230 valence electrons. The van der Waals surface area contributed by atoms with Crippen molar-refractivity contribution in [3.8, 4) is 23.0 Å². The van der Waals surface area contributed by atoms with Gasteiger partial charge in [-0.25, -0.2) is 4.98 Å². The summed E-state index contributed by atoms with van der Waals surface area (Å²) in [6, 6.07) is 29.8. The van der Waals surface area contributed by atoms with Crippen LogP contribution in [-0.4, -0.2) is 14.1 Å². The summed E-state index contributed by atoms with van der Waals surface area (Å²) in [5, 5.41) is 2.26. The van der Waals surface area contributed by atoms with Crippen molar-refractivity contribution in [1.82, 2.24) is 14.1 Å². The number of ether oxygens (including phenoxy) is 1. The molecule has 6 aromatic rings. The quantitative estimate of drug-likeness (QED) is 0.133. The fraction of sp³-hybridized carbons (Fsp3) is 0.316. The number of para-hydroxylation sites is 1. The van der Waals surface area contributed by atoms with E-state index < -0.39 is 0 Å². The molecular formula is C38H40N4OPt-2. The minimum Gasteiger partial charge on any atom is -0.510 e. The zero-order valence-corrected chi connectivity index (χ0v) is 29.3. The van der Waals surface area contributed by atoms with E-state index in [1.165, 1.54) is 5.56 Å². The SMILES string of the molecule is CC(C)(C)c1ccnc(-n2c3[c-]c(Oc4[c-]c(-n5[c-][n+](C(C)(C)C)cc5C(C)(C)C)ccc4)ccc3c3ccccc32)c1.[Pt]. The number of fused-ring (bicyclic) bond motifs is 3. The predicted molar refractivity (Wildman–Crippen MR) is 174 cm³/mol. The molecule has 3 aromatic carbocycles. The van der Waals surface area contributed by atoms with Gasteiger partial charge in [0, 0.05) is 56.2 Å². The van der Waals surface area contributed by atoms with Crippen molar-refractivity contribution in [1.29, 1.82) is 0 Å². The molecule has 0 amide bonds. The van der Waals surface area contributed by atoms with E-state index in [0.717, 1.165) is 39.0 Å². The van der Waals surface area contributed by atoms with Crippen LogP contribution in [0.2, 0.25) is 0 Å². The van der Waals surface area contributed by atoms with Crippen LogP contribution in [0.3, 0.4) is 0 Å². The van der Waals surface area contributed by atoms with Crippen LogP contribution in [0.15, 0.2) is 79.1 Å². The molecule has 0 spiro atoms. The Labute approximate surface area is 275 Å². The Morgan fingerprint density at radius 3 is 2.18 bits per heavy atom. The van der Waals surface area contributed by atoms with E-state index >= 15 is 0 Å². The fourth-order valence-electron chi connectivity index (χ4n) is 5.35. The Balaban J connectivity index is 0.00000384. The minimum atomic E-state index is -0.0938. The topological polar surface area (TPSA) is 35.9 Å². The first-order valence-corrected chi connectivity index (χ1v) is 14.9. The van der Waals surface area contributed by atoms with E-state index in [1.54, 1.807) is 0 Å². The van der Waals surface area contributed by atoms with Crippen LogP contribution in [0.5, 0.6) is 11.5 Å². The third-order valence-electron chi connectivity index (χ3n) is 7.80. The van der Waals surface area contributed by atoms with Gasteiger partial charge in [-0.15, -0.1) is 29.7 Å². The summed E-state index contributed by atoms with van der Waals surface area (Å²) in [6.45, 7) is 19.9. The molecule has 0 bridgehead atoms. The second-order valence-electron chi connectivity index (χ2n) is 14.3. The normalized spacial score (nSPS) is 12.5. The van der Waals surface area contributed by atoms with Gasteiger partial charge in [-0.3, -0.25) is 0 Å². The Kier molecular flexibility index (Phi) is 8.18. The number of pyridine rings is 1. The van der Waals surface area contributed by atoms with Gasteiger partial charge in [0.1, 0.15) is 5.82 Å². The van der Waals surface area contributed by atoms with Crippen LogP contribution >= 0.6 is 0 Å². The van der Waals surface area contributed by atoms with E-state index in [-0.39, 0.29) is 37.4 Å². The van der Waals surface area contributed by atoms with Crippen molar-refractivity contribution >= 4 is 21.8 Å². The first-order valence-electron chi connectivity index (χ1n) is 14.9. The van der Waals surface area contributed by atoms with E-state index in [2.05, 4.69) is 143 Å². The number of nitrogens with zero attached hydrogens (tertiary/aromatic N) is 4. The van der Waals surface area contributed by atoms with Gasteiger partial charge in [-0.2, -0.15) is 18.2 Å². The van der Waals surface area contributed by atoms with E-state index in [4.69, 9.17) is 9.72 Å². The molecule has 0 radical (unpaired) electrons. The molecule has 3 aromatic heterocycles. The summed E-state index contributed by atoms with van der Waals surface area (Å²) in [5.74, 6) is 2.10. The third-order valence-corrected chi connectivity index (χ3v) is 7.80. The number of rotatable bonds is 4. The molecule has 0 N–H and O–H groups in total. The molecule has 3 heterocycles. The average Bonchev–Trinajstić information content (AvgIpc) is 3.54. The first-order chi connectivity index (χ1) is 20.2. The molecule has 0 saturated carbocycles. The monoisotopic (exact) mass is 763 g/mol. The summed E-state index contributed by atoms with van der Waals surface area (Å²) in [5.41, 5.74) is 5.10. The molecule has 5 nitrogen and oxygen atoms in total. The number of imidazole rings is 1. The number of aromatic nitrogens is 4. The fourth-order valence-corrected chi connectivity index (χ4v) is 5.35. The smallest absolute Gasteiger partial charge is 0.242 e. The van der Waals surface area contributed by atoms with Gasteiger partial charge in [0.25, 0.3) is 0 Å². The molecule has 0 fully saturated rings. The molecule has 6 rings (SSSR count). The molecule has 6 heteroatoms. The minimum absolute atomic E-state index is 0. The molecule has 44 heavy (non-hydrogen) atoms. The first kappa shape index (κ1) is 31.7. The maximum absolute atomic E-state index is 6.43. The molecule has 0 atom stereocenters. The van der Waals surface area contributed by atoms with Crippen molar-refractivity contribution in [2.75, 3.05) is 0 Å². The summed E-state index contributed by atoms with van der Waals surface area (Å²) >= 11 is 0. The van der Waals surface area contributed by atoms with Crippen LogP contribution < -0.4 is 9.30 Å². The zero-order chi connectivity index (χ0) is 30.7. The van der Waals surface area contributed by atoms with Gasteiger partial charge in [-0.05, 0) is 60.7 Å². The molecule has 0 aliphatic rings.